The monoisotopic (exact) mass is 344 g/mol. The zero-order valence-corrected chi connectivity index (χ0v) is 14.6. The van der Waals surface area contributed by atoms with Gasteiger partial charge in [0.15, 0.2) is 0 Å². The van der Waals surface area contributed by atoms with Crippen molar-refractivity contribution in [2.24, 2.45) is 5.92 Å². The van der Waals surface area contributed by atoms with Crippen LogP contribution in [0, 0.1) is 5.92 Å². The number of urea groups is 1. The first-order valence-corrected chi connectivity index (χ1v) is 8.76. The number of nitrogens with zero attached hydrogens (tertiary/aromatic N) is 2. The fourth-order valence-corrected chi connectivity index (χ4v) is 3.55. The van der Waals surface area contributed by atoms with Crippen molar-refractivity contribution in [3.05, 3.63) is 30.1 Å². The lowest BCUT2D eigenvalue weighted by molar-refractivity contribution is -0.136. The molecule has 1 aliphatic carbocycles. The summed E-state index contributed by atoms with van der Waals surface area (Å²) in [7, 11) is 0. The van der Waals surface area contributed by atoms with Gasteiger partial charge in [0.2, 0.25) is 5.91 Å². The van der Waals surface area contributed by atoms with Crippen molar-refractivity contribution in [2.45, 2.75) is 51.1 Å². The van der Waals surface area contributed by atoms with Crippen molar-refractivity contribution in [3.63, 3.8) is 0 Å². The number of hydrogen-bond acceptors (Lipinski definition) is 4. The van der Waals surface area contributed by atoms with Crippen molar-refractivity contribution < 1.29 is 14.4 Å². The predicted octanol–water partition coefficient (Wildman–Crippen LogP) is 1.76. The van der Waals surface area contributed by atoms with E-state index in [0.29, 0.717) is 18.8 Å². The molecule has 1 aromatic heterocycles. The molecule has 2 heterocycles. The fraction of sp³-hybridized carbons (Fsp3) is 0.556. The first-order chi connectivity index (χ1) is 11.9. The minimum atomic E-state index is -0.809. The largest absolute Gasteiger partial charge is 0.346 e. The van der Waals surface area contributed by atoms with Crippen LogP contribution in [-0.2, 0) is 9.59 Å². The number of amides is 4. The maximum atomic E-state index is 12.7. The molecule has 134 valence electrons. The van der Waals surface area contributed by atoms with Crippen molar-refractivity contribution in [1.29, 1.82) is 0 Å². The molecule has 2 aliphatic rings. The number of carbonyl (C=O) groups is 3. The van der Waals surface area contributed by atoms with E-state index in [0.717, 1.165) is 23.4 Å². The summed E-state index contributed by atoms with van der Waals surface area (Å²) in [6.07, 6.45) is 4.75. The predicted molar refractivity (Wildman–Crippen MR) is 91.4 cm³/mol. The summed E-state index contributed by atoms with van der Waals surface area (Å²) in [4.78, 5) is 42.5. The summed E-state index contributed by atoms with van der Waals surface area (Å²) in [6, 6.07) is 4.70. The second kappa shape index (κ2) is 6.82. The molecule has 7 heteroatoms. The number of hydrogen-bond donors (Lipinski definition) is 2. The van der Waals surface area contributed by atoms with Crippen LogP contribution in [0.5, 0.6) is 0 Å². The van der Waals surface area contributed by atoms with Gasteiger partial charge in [-0.1, -0.05) is 13.0 Å². The number of nitrogens with one attached hydrogen (secondary N) is 2. The molecule has 1 aliphatic heterocycles. The lowest BCUT2D eigenvalue weighted by Gasteiger charge is -2.33. The number of rotatable bonds is 4. The Balaban J connectivity index is 1.61. The SMILES string of the molecule is CC1CCC2(CC1)NC(=O)N(CC(=O)NC(C)c1ccccn1)C2=O. The van der Waals surface area contributed by atoms with Gasteiger partial charge in [-0.3, -0.25) is 19.5 Å². The standard InChI is InChI=1S/C18H24N4O3/c1-12-6-8-18(9-7-12)16(24)22(17(25)21-18)11-15(23)20-13(2)14-5-3-4-10-19-14/h3-5,10,12-13H,6-9,11H2,1-2H3,(H,20,23)(H,21,25). The number of imide groups is 1. The average Bonchev–Trinajstić information content (AvgIpc) is 2.83. The lowest BCUT2D eigenvalue weighted by atomic mass is 9.77. The van der Waals surface area contributed by atoms with Gasteiger partial charge in [0.25, 0.3) is 5.91 Å². The molecule has 7 nitrogen and oxygen atoms in total. The minimum Gasteiger partial charge on any atom is -0.346 e. The van der Waals surface area contributed by atoms with E-state index in [4.69, 9.17) is 0 Å². The molecular weight excluding hydrogens is 320 g/mol. The van der Waals surface area contributed by atoms with Crippen LogP contribution in [0.4, 0.5) is 4.79 Å². The van der Waals surface area contributed by atoms with Crippen molar-refractivity contribution in [3.8, 4) is 0 Å². The summed E-state index contributed by atoms with van der Waals surface area (Å²) in [5, 5.41) is 5.61. The molecule has 3 rings (SSSR count). The van der Waals surface area contributed by atoms with E-state index >= 15 is 0 Å². The summed E-state index contributed by atoms with van der Waals surface area (Å²) in [5.41, 5.74) is -0.0815. The third-order valence-electron chi connectivity index (χ3n) is 5.18. The molecule has 1 aromatic rings. The highest BCUT2D eigenvalue weighted by Gasteiger charge is 2.52. The van der Waals surface area contributed by atoms with E-state index < -0.39 is 11.6 Å². The molecule has 0 bridgehead atoms. The van der Waals surface area contributed by atoms with Crippen molar-refractivity contribution in [1.82, 2.24) is 20.5 Å². The van der Waals surface area contributed by atoms with Crippen LogP contribution in [0.15, 0.2) is 24.4 Å². The van der Waals surface area contributed by atoms with Gasteiger partial charge < -0.3 is 10.6 Å². The van der Waals surface area contributed by atoms with E-state index in [-0.39, 0.29) is 24.4 Å². The van der Waals surface area contributed by atoms with E-state index in [2.05, 4.69) is 22.5 Å². The van der Waals surface area contributed by atoms with Gasteiger partial charge in [-0.15, -0.1) is 0 Å². The third kappa shape index (κ3) is 3.50. The molecule has 25 heavy (non-hydrogen) atoms. The minimum absolute atomic E-state index is 0.265. The maximum Gasteiger partial charge on any atom is 0.325 e. The van der Waals surface area contributed by atoms with Crippen LogP contribution >= 0.6 is 0 Å². The fourth-order valence-electron chi connectivity index (χ4n) is 3.55. The normalized spacial score (nSPS) is 27.3. The molecule has 1 unspecified atom stereocenters. The summed E-state index contributed by atoms with van der Waals surface area (Å²) >= 11 is 0. The molecular formula is C18H24N4O3. The Hall–Kier alpha value is -2.44. The Morgan fingerprint density at radius 3 is 2.76 bits per heavy atom. The highest BCUT2D eigenvalue weighted by molar-refractivity contribution is 6.09. The maximum absolute atomic E-state index is 12.7. The molecule has 2 fully saturated rings. The molecule has 1 spiro atoms. The van der Waals surface area contributed by atoms with E-state index in [1.807, 2.05) is 19.1 Å². The smallest absolute Gasteiger partial charge is 0.325 e. The van der Waals surface area contributed by atoms with Crippen LogP contribution in [0.2, 0.25) is 0 Å². The van der Waals surface area contributed by atoms with Gasteiger partial charge in [-0.25, -0.2) is 4.79 Å². The third-order valence-corrected chi connectivity index (χ3v) is 5.18. The van der Waals surface area contributed by atoms with Crippen LogP contribution in [0.25, 0.3) is 0 Å². The Morgan fingerprint density at radius 1 is 1.40 bits per heavy atom. The van der Waals surface area contributed by atoms with Gasteiger partial charge >= 0.3 is 6.03 Å². The van der Waals surface area contributed by atoms with E-state index in [1.54, 1.807) is 12.3 Å². The summed E-state index contributed by atoms with van der Waals surface area (Å²) in [6.45, 7) is 3.70. The number of aromatic nitrogens is 1. The Labute approximate surface area is 147 Å². The molecule has 1 atom stereocenters. The van der Waals surface area contributed by atoms with Gasteiger partial charge in [0.1, 0.15) is 12.1 Å². The average molecular weight is 344 g/mol. The van der Waals surface area contributed by atoms with Gasteiger partial charge in [-0.05, 0) is 50.7 Å². The topological polar surface area (TPSA) is 91.4 Å². The molecule has 1 saturated carbocycles. The molecule has 0 radical (unpaired) electrons. The van der Waals surface area contributed by atoms with Crippen LogP contribution < -0.4 is 10.6 Å². The van der Waals surface area contributed by atoms with E-state index in [1.165, 1.54) is 0 Å². The second-order valence-electron chi connectivity index (χ2n) is 7.13. The van der Waals surface area contributed by atoms with Gasteiger partial charge in [0.05, 0.1) is 11.7 Å². The molecule has 1 saturated heterocycles. The quantitative estimate of drug-likeness (QED) is 0.814. The summed E-state index contributed by atoms with van der Waals surface area (Å²) < 4.78 is 0. The number of pyridine rings is 1. The Kier molecular flexibility index (Phi) is 4.74. The summed E-state index contributed by atoms with van der Waals surface area (Å²) in [5.74, 6) is -0.0835. The van der Waals surface area contributed by atoms with Crippen molar-refractivity contribution in [2.75, 3.05) is 6.54 Å². The zero-order valence-electron chi connectivity index (χ0n) is 14.6. The highest BCUT2D eigenvalue weighted by Crippen LogP contribution is 2.36. The molecule has 0 aromatic carbocycles. The van der Waals surface area contributed by atoms with Gasteiger partial charge in [0, 0.05) is 6.20 Å². The van der Waals surface area contributed by atoms with Crippen LogP contribution in [0.1, 0.15) is 51.3 Å². The van der Waals surface area contributed by atoms with Gasteiger partial charge in [-0.2, -0.15) is 0 Å². The zero-order chi connectivity index (χ0) is 18.0. The molecule has 4 amide bonds. The highest BCUT2D eigenvalue weighted by atomic mass is 16.2. The Bertz CT molecular complexity index is 668. The van der Waals surface area contributed by atoms with Crippen LogP contribution in [-0.4, -0.2) is 39.8 Å². The lowest BCUT2D eigenvalue weighted by Crippen LogP contribution is -2.50. The molecule has 2 N–H and O–H groups in total. The van der Waals surface area contributed by atoms with Crippen molar-refractivity contribution >= 4 is 17.8 Å². The second-order valence-corrected chi connectivity index (χ2v) is 7.13. The first-order valence-electron chi connectivity index (χ1n) is 8.76. The number of carbonyl (C=O) groups excluding carboxylic acids is 3. The van der Waals surface area contributed by atoms with Crippen LogP contribution in [0.3, 0.4) is 0 Å². The van der Waals surface area contributed by atoms with E-state index in [9.17, 15) is 14.4 Å². The first kappa shape index (κ1) is 17.4. The Morgan fingerprint density at radius 2 is 2.12 bits per heavy atom.